The van der Waals surface area contributed by atoms with Crippen molar-refractivity contribution in [3.8, 4) is 0 Å². The van der Waals surface area contributed by atoms with E-state index >= 15 is 0 Å². The summed E-state index contributed by atoms with van der Waals surface area (Å²) in [7, 11) is 0. The fourth-order valence-corrected chi connectivity index (χ4v) is 6.61. The number of anilines is 1. The molecule has 35 heavy (non-hydrogen) atoms. The SMILES string of the molecule is CCCC(C)NC(=O)C1N([C@@H](CO)C(C)C)C(=O)[C@@H]2[C@@H](C(=O)Nc3ccccc3)[C@@]3(C)CCC12O3. The molecule has 3 unspecified atom stereocenters. The van der Waals surface area contributed by atoms with Crippen LogP contribution >= 0.6 is 0 Å². The Morgan fingerprint density at radius 3 is 2.46 bits per heavy atom. The monoisotopic (exact) mass is 485 g/mol. The molecule has 1 aromatic rings. The van der Waals surface area contributed by atoms with Crippen LogP contribution in [0.3, 0.4) is 0 Å². The number of nitrogens with one attached hydrogen (secondary N) is 2. The van der Waals surface area contributed by atoms with Crippen LogP contribution in [-0.4, -0.2) is 63.7 Å². The van der Waals surface area contributed by atoms with Gasteiger partial charge in [-0.25, -0.2) is 0 Å². The summed E-state index contributed by atoms with van der Waals surface area (Å²) in [5.74, 6) is -2.42. The molecule has 2 bridgehead atoms. The Bertz CT molecular complexity index is 969. The number of hydrogen-bond donors (Lipinski definition) is 3. The lowest BCUT2D eigenvalue weighted by Crippen LogP contribution is -2.59. The summed E-state index contributed by atoms with van der Waals surface area (Å²) in [5, 5.41) is 16.3. The Labute approximate surface area is 207 Å². The van der Waals surface area contributed by atoms with E-state index in [1.807, 2.05) is 45.9 Å². The normalized spacial score (nSPS) is 33.1. The average Bonchev–Trinajstić information content (AvgIpc) is 3.36. The molecule has 3 heterocycles. The molecular formula is C27H39N3O5. The van der Waals surface area contributed by atoms with Crippen LogP contribution in [0.4, 0.5) is 5.69 Å². The van der Waals surface area contributed by atoms with Crippen LogP contribution in [0.2, 0.25) is 0 Å². The van der Waals surface area contributed by atoms with Crippen molar-refractivity contribution in [2.45, 2.75) is 89.6 Å². The predicted octanol–water partition coefficient (Wildman–Crippen LogP) is 2.71. The minimum atomic E-state index is -1.09. The molecule has 7 atom stereocenters. The maximum atomic E-state index is 14.1. The maximum Gasteiger partial charge on any atom is 0.246 e. The molecule has 3 amide bonds. The van der Waals surface area contributed by atoms with Gasteiger partial charge in [-0.1, -0.05) is 45.4 Å². The van der Waals surface area contributed by atoms with Gasteiger partial charge in [-0.3, -0.25) is 14.4 Å². The Hall–Kier alpha value is -2.45. The van der Waals surface area contributed by atoms with Crippen molar-refractivity contribution in [1.82, 2.24) is 10.2 Å². The molecule has 1 aromatic carbocycles. The van der Waals surface area contributed by atoms with E-state index in [9.17, 15) is 19.5 Å². The van der Waals surface area contributed by atoms with Crippen LogP contribution in [0.15, 0.2) is 30.3 Å². The van der Waals surface area contributed by atoms with E-state index in [0.717, 1.165) is 12.8 Å². The maximum absolute atomic E-state index is 14.1. The molecule has 1 spiro atoms. The number of likely N-dealkylation sites (tertiary alicyclic amines) is 1. The summed E-state index contributed by atoms with van der Waals surface area (Å²) < 4.78 is 6.63. The van der Waals surface area contributed by atoms with Crippen molar-refractivity contribution < 1.29 is 24.2 Å². The molecule has 3 fully saturated rings. The Kier molecular flexibility index (Phi) is 6.99. The summed E-state index contributed by atoms with van der Waals surface area (Å²) in [6, 6.07) is 7.66. The molecule has 4 rings (SSSR count). The smallest absolute Gasteiger partial charge is 0.246 e. The number of amides is 3. The van der Waals surface area contributed by atoms with Gasteiger partial charge in [-0.2, -0.15) is 0 Å². The fourth-order valence-electron chi connectivity index (χ4n) is 6.61. The zero-order chi connectivity index (χ0) is 25.5. The van der Waals surface area contributed by atoms with Gasteiger partial charge in [0.05, 0.1) is 30.1 Å². The van der Waals surface area contributed by atoms with Gasteiger partial charge in [-0.15, -0.1) is 0 Å². The lowest BCUT2D eigenvalue weighted by atomic mass is 9.66. The van der Waals surface area contributed by atoms with Gasteiger partial charge >= 0.3 is 0 Å². The van der Waals surface area contributed by atoms with Crippen molar-refractivity contribution in [1.29, 1.82) is 0 Å². The molecule has 8 nitrogen and oxygen atoms in total. The van der Waals surface area contributed by atoms with E-state index in [1.165, 1.54) is 4.90 Å². The van der Waals surface area contributed by atoms with Gasteiger partial charge in [-0.05, 0) is 51.2 Å². The van der Waals surface area contributed by atoms with Crippen molar-refractivity contribution in [3.05, 3.63) is 30.3 Å². The zero-order valence-electron chi connectivity index (χ0n) is 21.4. The van der Waals surface area contributed by atoms with Crippen LogP contribution in [-0.2, 0) is 19.1 Å². The molecule has 192 valence electrons. The zero-order valence-corrected chi connectivity index (χ0v) is 21.4. The number of rotatable bonds is 9. The van der Waals surface area contributed by atoms with Crippen LogP contribution < -0.4 is 10.6 Å². The van der Waals surface area contributed by atoms with Crippen molar-refractivity contribution in [2.24, 2.45) is 17.8 Å². The second-order valence-corrected chi connectivity index (χ2v) is 11.0. The summed E-state index contributed by atoms with van der Waals surface area (Å²) in [5.41, 5.74) is -1.29. The van der Waals surface area contributed by atoms with Gasteiger partial charge in [0, 0.05) is 11.7 Å². The van der Waals surface area contributed by atoms with Gasteiger partial charge in [0.25, 0.3) is 0 Å². The highest BCUT2D eigenvalue weighted by molar-refractivity contribution is 6.02. The molecule has 8 heteroatoms. The Morgan fingerprint density at radius 2 is 1.86 bits per heavy atom. The Balaban J connectivity index is 1.74. The van der Waals surface area contributed by atoms with E-state index in [0.29, 0.717) is 18.5 Å². The van der Waals surface area contributed by atoms with Crippen molar-refractivity contribution in [3.63, 3.8) is 0 Å². The first kappa shape index (κ1) is 25.6. The fraction of sp³-hybridized carbons (Fsp3) is 0.667. The van der Waals surface area contributed by atoms with E-state index in [1.54, 1.807) is 12.1 Å². The lowest BCUT2D eigenvalue weighted by Gasteiger charge is -2.39. The molecule has 3 N–H and O–H groups in total. The first-order chi connectivity index (χ1) is 16.6. The quantitative estimate of drug-likeness (QED) is 0.499. The van der Waals surface area contributed by atoms with Crippen LogP contribution in [0.5, 0.6) is 0 Å². The molecule has 0 saturated carbocycles. The standard InChI is InChI=1S/C27H39N3O5/c1-6-10-17(4)28-24(33)22-27-14-13-26(5,35-27)20(23(32)29-18-11-8-7-9-12-18)21(27)25(34)30(22)19(15-31)16(2)3/h7-9,11-12,16-17,19-22,31H,6,10,13-15H2,1-5H3,(H,28,33)(H,29,32)/t17?,19-,20-,21-,22?,26+,27?/m0/s1. The first-order valence-corrected chi connectivity index (χ1v) is 12.9. The van der Waals surface area contributed by atoms with E-state index in [2.05, 4.69) is 17.6 Å². The number of fused-ring (bicyclic) bond motifs is 1. The summed E-state index contributed by atoms with van der Waals surface area (Å²) >= 11 is 0. The number of carbonyl (C=O) groups is 3. The second-order valence-electron chi connectivity index (χ2n) is 11.0. The van der Waals surface area contributed by atoms with Crippen molar-refractivity contribution in [2.75, 3.05) is 11.9 Å². The number of para-hydroxylation sites is 1. The van der Waals surface area contributed by atoms with E-state index in [4.69, 9.17) is 4.74 Å². The second kappa shape index (κ2) is 9.54. The number of aliphatic hydroxyl groups excluding tert-OH is 1. The molecule has 0 aromatic heterocycles. The lowest BCUT2D eigenvalue weighted by molar-refractivity contribution is -0.150. The largest absolute Gasteiger partial charge is 0.394 e. The van der Waals surface area contributed by atoms with Gasteiger partial charge in [0.15, 0.2) is 0 Å². The van der Waals surface area contributed by atoms with Gasteiger partial charge < -0.3 is 25.4 Å². The molecule has 0 aliphatic carbocycles. The highest BCUT2D eigenvalue weighted by atomic mass is 16.5. The molecule has 3 aliphatic rings. The minimum Gasteiger partial charge on any atom is -0.394 e. The highest BCUT2D eigenvalue weighted by Gasteiger charge is 2.78. The van der Waals surface area contributed by atoms with Crippen LogP contribution in [0.1, 0.15) is 60.3 Å². The average molecular weight is 486 g/mol. The minimum absolute atomic E-state index is 0.0575. The first-order valence-electron chi connectivity index (χ1n) is 12.9. The third-order valence-electron chi connectivity index (χ3n) is 8.21. The van der Waals surface area contributed by atoms with E-state index < -0.39 is 35.1 Å². The molecule has 0 radical (unpaired) electrons. The summed E-state index contributed by atoms with van der Waals surface area (Å²) in [6.45, 7) is 9.48. The highest BCUT2D eigenvalue weighted by Crippen LogP contribution is 2.63. The van der Waals surface area contributed by atoms with E-state index in [-0.39, 0.29) is 36.3 Å². The summed E-state index contributed by atoms with van der Waals surface area (Å²) in [6.07, 6.45) is 2.83. The van der Waals surface area contributed by atoms with Crippen LogP contribution in [0, 0.1) is 17.8 Å². The number of hydrogen-bond acceptors (Lipinski definition) is 5. The predicted molar refractivity (Wildman–Crippen MR) is 132 cm³/mol. The number of carbonyl (C=O) groups excluding carboxylic acids is 3. The van der Waals surface area contributed by atoms with Gasteiger partial charge in [0.1, 0.15) is 11.6 Å². The number of aliphatic hydroxyl groups is 1. The third-order valence-corrected chi connectivity index (χ3v) is 8.21. The van der Waals surface area contributed by atoms with Gasteiger partial charge in [0.2, 0.25) is 17.7 Å². The molecule has 3 aliphatic heterocycles. The molecular weight excluding hydrogens is 446 g/mol. The number of benzene rings is 1. The third kappa shape index (κ3) is 4.14. The van der Waals surface area contributed by atoms with Crippen molar-refractivity contribution >= 4 is 23.4 Å². The number of nitrogens with zero attached hydrogens (tertiary/aromatic N) is 1. The van der Waals surface area contributed by atoms with Crippen LogP contribution in [0.25, 0.3) is 0 Å². The number of ether oxygens (including phenoxy) is 1. The topological polar surface area (TPSA) is 108 Å². The summed E-state index contributed by atoms with van der Waals surface area (Å²) in [4.78, 5) is 43.0. The molecule has 3 saturated heterocycles. The Morgan fingerprint density at radius 1 is 1.17 bits per heavy atom.